The molecule has 0 aliphatic carbocycles. The molecular formula is C7H12N2O. The normalized spacial score (nSPS) is 33.5. The van der Waals surface area contributed by atoms with Crippen molar-refractivity contribution in [1.29, 1.82) is 5.26 Å². The largest absolute Gasteiger partial charge is 0.367 e. The zero-order valence-corrected chi connectivity index (χ0v) is 6.53. The van der Waals surface area contributed by atoms with Crippen LogP contribution in [0.1, 0.15) is 6.92 Å². The fraction of sp³-hybridized carbons (Fsp3) is 0.857. The summed E-state index contributed by atoms with van der Waals surface area (Å²) in [7, 11) is 3.78. The Hall–Kier alpha value is -0.590. The Bertz CT molecular complexity index is 161. The first kappa shape index (κ1) is 7.52. The number of hydrogen-bond acceptors (Lipinski definition) is 3. The predicted octanol–water partition coefficient (Wildman–Crippen LogP) is 0.227. The van der Waals surface area contributed by atoms with E-state index in [1.54, 1.807) is 0 Å². The Morgan fingerprint density at radius 2 is 2.10 bits per heavy atom. The molecule has 1 rings (SSSR count). The van der Waals surface area contributed by atoms with Gasteiger partial charge in [0, 0.05) is 0 Å². The van der Waals surface area contributed by atoms with E-state index in [0.717, 1.165) is 0 Å². The van der Waals surface area contributed by atoms with Crippen LogP contribution in [0.5, 0.6) is 0 Å². The molecule has 3 heteroatoms. The lowest BCUT2D eigenvalue weighted by molar-refractivity contribution is 0.271. The second-order valence-electron chi connectivity index (χ2n) is 2.84. The maximum absolute atomic E-state index is 8.65. The summed E-state index contributed by atoms with van der Waals surface area (Å²) in [4.78, 5) is 1.88. The van der Waals surface area contributed by atoms with E-state index in [-0.39, 0.29) is 18.2 Å². The van der Waals surface area contributed by atoms with E-state index in [0.29, 0.717) is 0 Å². The molecule has 1 aliphatic heterocycles. The highest BCUT2D eigenvalue weighted by Gasteiger charge is 2.42. The summed E-state index contributed by atoms with van der Waals surface area (Å²) in [6, 6.07) is 2.12. The molecule has 10 heavy (non-hydrogen) atoms. The summed E-state index contributed by atoms with van der Waals surface area (Å²) in [5.74, 6) is 0. The molecule has 56 valence electrons. The van der Waals surface area contributed by atoms with Crippen molar-refractivity contribution in [2.45, 2.75) is 25.2 Å². The minimum atomic E-state index is -0.0741. The SMILES string of the molecule is CC1OC1C(C#N)N(C)C. The smallest absolute Gasteiger partial charge is 0.126 e. The molecule has 0 saturated carbocycles. The van der Waals surface area contributed by atoms with Crippen molar-refractivity contribution in [2.24, 2.45) is 0 Å². The molecule has 0 radical (unpaired) electrons. The summed E-state index contributed by atoms with van der Waals surface area (Å²) in [5.41, 5.74) is 0. The predicted molar refractivity (Wildman–Crippen MR) is 37.4 cm³/mol. The average Bonchev–Trinajstić information content (AvgIpc) is 2.48. The first-order valence-corrected chi connectivity index (χ1v) is 3.38. The highest BCUT2D eigenvalue weighted by atomic mass is 16.6. The maximum Gasteiger partial charge on any atom is 0.126 e. The van der Waals surface area contributed by atoms with Crippen molar-refractivity contribution in [2.75, 3.05) is 14.1 Å². The summed E-state index contributed by atoms with van der Waals surface area (Å²) in [5, 5.41) is 8.65. The first-order valence-electron chi connectivity index (χ1n) is 3.38. The fourth-order valence-corrected chi connectivity index (χ4v) is 1.02. The molecule has 1 saturated heterocycles. The zero-order valence-electron chi connectivity index (χ0n) is 6.53. The van der Waals surface area contributed by atoms with Gasteiger partial charge in [-0.15, -0.1) is 0 Å². The van der Waals surface area contributed by atoms with Crippen LogP contribution in [0.4, 0.5) is 0 Å². The van der Waals surface area contributed by atoms with Gasteiger partial charge in [0.2, 0.25) is 0 Å². The Kier molecular flexibility index (Phi) is 1.93. The number of hydrogen-bond donors (Lipinski definition) is 0. The van der Waals surface area contributed by atoms with Gasteiger partial charge in [-0.05, 0) is 21.0 Å². The number of likely N-dealkylation sites (N-methyl/N-ethyl adjacent to an activating group) is 1. The summed E-state index contributed by atoms with van der Waals surface area (Å²) in [6.07, 6.45) is 0.409. The van der Waals surface area contributed by atoms with Crippen molar-refractivity contribution >= 4 is 0 Å². The lowest BCUT2D eigenvalue weighted by Crippen LogP contribution is -2.32. The van der Waals surface area contributed by atoms with Crippen LogP contribution in [0, 0.1) is 11.3 Å². The van der Waals surface area contributed by atoms with Gasteiger partial charge >= 0.3 is 0 Å². The molecule has 0 aromatic carbocycles. The lowest BCUT2D eigenvalue weighted by atomic mass is 10.2. The van der Waals surface area contributed by atoms with Crippen LogP contribution in [0.15, 0.2) is 0 Å². The number of nitriles is 1. The molecule has 0 aromatic rings. The fourth-order valence-electron chi connectivity index (χ4n) is 1.02. The first-order chi connectivity index (χ1) is 4.66. The van der Waals surface area contributed by atoms with Crippen molar-refractivity contribution in [3.8, 4) is 6.07 Å². The Labute approximate surface area is 61.2 Å². The number of rotatable bonds is 2. The van der Waals surface area contributed by atoms with Crippen LogP contribution in [-0.2, 0) is 4.74 Å². The average molecular weight is 140 g/mol. The van der Waals surface area contributed by atoms with Crippen LogP contribution >= 0.6 is 0 Å². The number of nitrogens with zero attached hydrogens (tertiary/aromatic N) is 2. The molecule has 1 fully saturated rings. The van der Waals surface area contributed by atoms with Gasteiger partial charge in [0.05, 0.1) is 12.2 Å². The van der Waals surface area contributed by atoms with E-state index in [1.807, 2.05) is 25.9 Å². The third-order valence-electron chi connectivity index (χ3n) is 1.76. The van der Waals surface area contributed by atoms with E-state index in [1.165, 1.54) is 0 Å². The minimum absolute atomic E-state index is 0.0741. The van der Waals surface area contributed by atoms with Crippen molar-refractivity contribution < 1.29 is 4.74 Å². The molecule has 1 heterocycles. The molecule has 0 aromatic heterocycles. The zero-order chi connectivity index (χ0) is 7.72. The van der Waals surface area contributed by atoms with Crippen LogP contribution < -0.4 is 0 Å². The second kappa shape index (κ2) is 2.57. The van der Waals surface area contributed by atoms with Gasteiger partial charge in [0.25, 0.3) is 0 Å². The van der Waals surface area contributed by atoms with Crippen LogP contribution in [0.25, 0.3) is 0 Å². The quantitative estimate of drug-likeness (QED) is 0.515. The van der Waals surface area contributed by atoms with E-state index in [4.69, 9.17) is 10.00 Å². The molecule has 0 spiro atoms. The van der Waals surface area contributed by atoms with Crippen LogP contribution in [0.2, 0.25) is 0 Å². The molecule has 1 aliphatic rings. The van der Waals surface area contributed by atoms with E-state index >= 15 is 0 Å². The summed E-state index contributed by atoms with van der Waals surface area (Å²) < 4.78 is 5.17. The molecule has 0 amide bonds. The number of ether oxygens (including phenoxy) is 1. The lowest BCUT2D eigenvalue weighted by Gasteiger charge is -2.13. The Morgan fingerprint density at radius 3 is 2.20 bits per heavy atom. The standard InChI is InChI=1S/C7H12N2O/c1-5-7(10-5)6(4-8)9(2)3/h5-7H,1-3H3. The van der Waals surface area contributed by atoms with Gasteiger partial charge in [-0.1, -0.05) is 0 Å². The summed E-state index contributed by atoms with van der Waals surface area (Å²) >= 11 is 0. The Balaban J connectivity index is 2.44. The Morgan fingerprint density at radius 1 is 1.60 bits per heavy atom. The summed E-state index contributed by atoms with van der Waals surface area (Å²) in [6.45, 7) is 1.98. The van der Waals surface area contributed by atoms with Crippen molar-refractivity contribution in [3.63, 3.8) is 0 Å². The van der Waals surface area contributed by atoms with Crippen LogP contribution in [0.3, 0.4) is 0 Å². The third-order valence-corrected chi connectivity index (χ3v) is 1.76. The van der Waals surface area contributed by atoms with Gasteiger partial charge in [0.15, 0.2) is 0 Å². The molecule has 3 nitrogen and oxygen atoms in total. The van der Waals surface area contributed by atoms with Crippen molar-refractivity contribution in [3.05, 3.63) is 0 Å². The molecular weight excluding hydrogens is 128 g/mol. The van der Waals surface area contributed by atoms with Gasteiger partial charge < -0.3 is 4.74 Å². The van der Waals surface area contributed by atoms with E-state index in [9.17, 15) is 0 Å². The van der Waals surface area contributed by atoms with E-state index in [2.05, 4.69) is 6.07 Å². The number of epoxide rings is 1. The molecule has 0 bridgehead atoms. The maximum atomic E-state index is 8.65. The van der Waals surface area contributed by atoms with Gasteiger partial charge in [-0.3, -0.25) is 4.90 Å². The second-order valence-corrected chi connectivity index (χ2v) is 2.84. The minimum Gasteiger partial charge on any atom is -0.367 e. The van der Waals surface area contributed by atoms with Crippen LogP contribution in [-0.4, -0.2) is 37.2 Å². The highest BCUT2D eigenvalue weighted by Crippen LogP contribution is 2.26. The highest BCUT2D eigenvalue weighted by molar-refractivity contribution is 5.04. The van der Waals surface area contributed by atoms with Gasteiger partial charge in [0.1, 0.15) is 12.1 Å². The molecule has 3 unspecified atom stereocenters. The van der Waals surface area contributed by atoms with E-state index < -0.39 is 0 Å². The third kappa shape index (κ3) is 1.28. The monoisotopic (exact) mass is 140 g/mol. The molecule has 0 N–H and O–H groups in total. The van der Waals surface area contributed by atoms with Gasteiger partial charge in [-0.2, -0.15) is 5.26 Å². The van der Waals surface area contributed by atoms with Crippen molar-refractivity contribution in [1.82, 2.24) is 4.90 Å². The van der Waals surface area contributed by atoms with Gasteiger partial charge in [-0.25, -0.2) is 0 Å². The molecule has 3 atom stereocenters. The topological polar surface area (TPSA) is 39.6 Å².